The lowest BCUT2D eigenvalue weighted by Gasteiger charge is -2.44. The molecule has 10 nitrogen and oxygen atoms in total. The number of carboxylic acid groups (broad SMARTS) is 1. The SMILES string of the molecule is CC(=O)NCCCS(=O)(=O)OCC(C)(C)[C@](O)(C(=O)O)C(OC(C)=O)C(C)C. The molecule has 0 aromatic heterocycles. The van der Waals surface area contributed by atoms with E-state index in [1.165, 1.54) is 20.8 Å². The van der Waals surface area contributed by atoms with Gasteiger partial charge in [-0.3, -0.25) is 13.8 Å². The standard InChI is InChI=1S/C17H31NO9S/c1-11(2)14(27-13(4)20)17(23,15(21)22)16(5,6)10-26-28(24,25)9-7-8-18-12(3)19/h11,14,23H,7-10H2,1-6H3,(H,18,19)(H,21,22)/t14?,17-/m1/s1. The molecule has 0 saturated carbocycles. The van der Waals surface area contributed by atoms with Gasteiger partial charge in [0.2, 0.25) is 11.5 Å². The Balaban J connectivity index is 5.40. The summed E-state index contributed by atoms with van der Waals surface area (Å²) in [5.74, 6) is -3.70. The molecule has 0 radical (unpaired) electrons. The molecule has 1 amide bonds. The number of hydrogen-bond donors (Lipinski definition) is 3. The lowest BCUT2D eigenvalue weighted by atomic mass is 9.69. The van der Waals surface area contributed by atoms with E-state index in [1.807, 2.05) is 0 Å². The Bertz CT molecular complexity index is 672. The zero-order valence-corrected chi connectivity index (χ0v) is 18.0. The van der Waals surface area contributed by atoms with Gasteiger partial charge in [-0.25, -0.2) is 4.79 Å². The summed E-state index contributed by atoms with van der Waals surface area (Å²) < 4.78 is 34.1. The van der Waals surface area contributed by atoms with Crippen LogP contribution in [0.2, 0.25) is 0 Å². The number of carbonyl (C=O) groups excluding carboxylic acids is 2. The molecule has 0 aliphatic rings. The number of aliphatic carboxylic acids is 1. The summed E-state index contributed by atoms with van der Waals surface area (Å²) in [5.41, 5.74) is -4.23. The molecule has 1 unspecified atom stereocenters. The van der Waals surface area contributed by atoms with Crippen molar-refractivity contribution < 1.29 is 41.9 Å². The van der Waals surface area contributed by atoms with Crippen molar-refractivity contribution >= 4 is 28.0 Å². The van der Waals surface area contributed by atoms with Crippen LogP contribution in [0.1, 0.15) is 48.0 Å². The summed E-state index contributed by atoms with van der Waals surface area (Å²) >= 11 is 0. The first-order chi connectivity index (χ1) is 12.6. The summed E-state index contributed by atoms with van der Waals surface area (Å²) in [6, 6.07) is 0. The molecule has 28 heavy (non-hydrogen) atoms. The third-order valence-electron chi connectivity index (χ3n) is 4.21. The van der Waals surface area contributed by atoms with Gasteiger partial charge in [0.1, 0.15) is 6.10 Å². The van der Waals surface area contributed by atoms with E-state index in [9.17, 15) is 33.0 Å². The molecule has 3 N–H and O–H groups in total. The van der Waals surface area contributed by atoms with Gasteiger partial charge in [-0.15, -0.1) is 0 Å². The fourth-order valence-corrected chi connectivity index (χ4v) is 3.69. The van der Waals surface area contributed by atoms with Crippen LogP contribution in [-0.4, -0.2) is 67.1 Å². The first-order valence-corrected chi connectivity index (χ1v) is 10.4. The van der Waals surface area contributed by atoms with Crippen molar-refractivity contribution in [1.82, 2.24) is 5.32 Å². The van der Waals surface area contributed by atoms with Crippen molar-refractivity contribution in [2.75, 3.05) is 18.9 Å². The minimum Gasteiger partial charge on any atom is -0.479 e. The lowest BCUT2D eigenvalue weighted by molar-refractivity contribution is -0.213. The number of nitrogens with one attached hydrogen (secondary N) is 1. The van der Waals surface area contributed by atoms with Crippen LogP contribution in [0.15, 0.2) is 0 Å². The van der Waals surface area contributed by atoms with Gasteiger partial charge < -0.3 is 20.3 Å². The highest BCUT2D eigenvalue weighted by molar-refractivity contribution is 7.86. The van der Waals surface area contributed by atoms with Gasteiger partial charge in [0.05, 0.1) is 12.4 Å². The van der Waals surface area contributed by atoms with Crippen molar-refractivity contribution in [3.8, 4) is 0 Å². The minimum absolute atomic E-state index is 0.105. The van der Waals surface area contributed by atoms with Gasteiger partial charge in [0.15, 0.2) is 0 Å². The van der Waals surface area contributed by atoms with Gasteiger partial charge in [-0.05, 0) is 12.3 Å². The molecule has 0 bridgehead atoms. The number of esters is 1. The van der Waals surface area contributed by atoms with Gasteiger partial charge in [0, 0.05) is 25.8 Å². The highest BCUT2D eigenvalue weighted by atomic mass is 32.2. The molecule has 0 rings (SSSR count). The van der Waals surface area contributed by atoms with E-state index in [1.54, 1.807) is 13.8 Å². The average Bonchev–Trinajstić information content (AvgIpc) is 2.53. The third-order valence-corrected chi connectivity index (χ3v) is 5.48. The maximum atomic E-state index is 12.1. The smallest absolute Gasteiger partial charge is 0.340 e. The van der Waals surface area contributed by atoms with Crippen molar-refractivity contribution in [2.24, 2.45) is 11.3 Å². The molecule has 164 valence electrons. The molecule has 0 aliphatic heterocycles. The minimum atomic E-state index is -4.03. The van der Waals surface area contributed by atoms with Crippen molar-refractivity contribution in [3.63, 3.8) is 0 Å². The van der Waals surface area contributed by atoms with Crippen LogP contribution in [-0.2, 0) is 33.4 Å². The molecule has 2 atom stereocenters. The van der Waals surface area contributed by atoms with Gasteiger partial charge >= 0.3 is 11.9 Å². The zero-order chi connectivity index (χ0) is 22.3. The number of carbonyl (C=O) groups is 3. The maximum absolute atomic E-state index is 12.1. The van der Waals surface area contributed by atoms with E-state index in [2.05, 4.69) is 5.32 Å². The van der Waals surface area contributed by atoms with Crippen molar-refractivity contribution in [3.05, 3.63) is 0 Å². The Kier molecular flexibility index (Phi) is 9.55. The molecule has 0 aromatic rings. The number of rotatable bonds is 12. The number of hydrogen-bond acceptors (Lipinski definition) is 8. The molecule has 0 fully saturated rings. The van der Waals surface area contributed by atoms with E-state index < -0.39 is 57.5 Å². The van der Waals surface area contributed by atoms with Crippen LogP contribution in [0.4, 0.5) is 0 Å². The Morgan fingerprint density at radius 2 is 1.68 bits per heavy atom. The van der Waals surface area contributed by atoms with Crippen LogP contribution in [0.3, 0.4) is 0 Å². The molecular weight excluding hydrogens is 394 g/mol. The second kappa shape index (κ2) is 10.2. The molecular formula is C17H31NO9S. The van der Waals surface area contributed by atoms with E-state index >= 15 is 0 Å². The van der Waals surface area contributed by atoms with Gasteiger partial charge in [-0.2, -0.15) is 8.42 Å². The van der Waals surface area contributed by atoms with Crippen molar-refractivity contribution in [2.45, 2.75) is 59.7 Å². The molecule has 0 saturated heterocycles. The highest BCUT2D eigenvalue weighted by Crippen LogP contribution is 2.39. The number of amides is 1. The number of aliphatic hydroxyl groups is 1. The fourth-order valence-electron chi connectivity index (χ4n) is 2.60. The first kappa shape index (κ1) is 26.3. The Labute approximate surface area is 165 Å². The van der Waals surface area contributed by atoms with Gasteiger partial charge in [-0.1, -0.05) is 27.7 Å². The van der Waals surface area contributed by atoms with Crippen molar-refractivity contribution in [1.29, 1.82) is 0 Å². The number of ether oxygens (including phenoxy) is 1. The molecule has 0 spiro atoms. The van der Waals surface area contributed by atoms with E-state index in [0.29, 0.717) is 0 Å². The molecule has 0 aromatic carbocycles. The monoisotopic (exact) mass is 425 g/mol. The summed E-state index contributed by atoms with van der Waals surface area (Å²) in [6.07, 6.45) is -1.32. The maximum Gasteiger partial charge on any atom is 0.340 e. The normalized spacial score (nSPS) is 15.6. The molecule has 0 heterocycles. The molecule has 11 heteroatoms. The Morgan fingerprint density at radius 3 is 2.07 bits per heavy atom. The third kappa shape index (κ3) is 7.36. The van der Waals surface area contributed by atoms with E-state index in [-0.39, 0.29) is 18.9 Å². The predicted octanol–water partition coefficient (Wildman–Crippen LogP) is 0.289. The second-order valence-electron chi connectivity index (χ2n) is 7.59. The summed E-state index contributed by atoms with van der Waals surface area (Å²) in [4.78, 5) is 34.1. The summed E-state index contributed by atoms with van der Waals surface area (Å²) in [5, 5.41) is 23.1. The van der Waals surface area contributed by atoms with E-state index in [4.69, 9.17) is 8.92 Å². The van der Waals surface area contributed by atoms with E-state index in [0.717, 1.165) is 6.92 Å². The zero-order valence-electron chi connectivity index (χ0n) is 17.1. The second-order valence-corrected chi connectivity index (χ2v) is 9.35. The fraction of sp³-hybridized carbons (Fsp3) is 0.824. The summed E-state index contributed by atoms with van der Waals surface area (Å²) in [6.45, 7) is 7.63. The van der Waals surface area contributed by atoms with Crippen LogP contribution in [0.5, 0.6) is 0 Å². The lowest BCUT2D eigenvalue weighted by Crippen LogP contribution is -2.63. The quantitative estimate of drug-likeness (QED) is 0.227. The van der Waals surface area contributed by atoms with Crippen LogP contribution in [0, 0.1) is 11.3 Å². The topological polar surface area (TPSA) is 156 Å². The largest absolute Gasteiger partial charge is 0.479 e. The average molecular weight is 426 g/mol. The predicted molar refractivity (Wildman–Crippen MR) is 99.8 cm³/mol. The number of carboxylic acids is 1. The van der Waals surface area contributed by atoms with Gasteiger partial charge in [0.25, 0.3) is 10.1 Å². The Morgan fingerprint density at radius 1 is 1.14 bits per heavy atom. The van der Waals surface area contributed by atoms with Crippen LogP contribution in [0.25, 0.3) is 0 Å². The first-order valence-electron chi connectivity index (χ1n) is 8.81. The van der Waals surface area contributed by atoms with Crippen LogP contribution >= 0.6 is 0 Å². The molecule has 0 aliphatic carbocycles. The highest BCUT2D eigenvalue weighted by Gasteiger charge is 2.58. The van der Waals surface area contributed by atoms with Crippen LogP contribution < -0.4 is 5.32 Å². The summed E-state index contributed by atoms with van der Waals surface area (Å²) in [7, 11) is -4.03. The Hall–Kier alpha value is -1.72.